The fourth-order valence-corrected chi connectivity index (χ4v) is 3.40. The third kappa shape index (κ3) is 4.99. The first-order valence-electron chi connectivity index (χ1n) is 8.46. The molecule has 1 saturated carbocycles. The Bertz CT molecular complexity index is 345. The number of nitrogens with zero attached hydrogens (tertiary/aromatic N) is 1. The number of nitrogens with two attached hydrogens (primary N) is 1. The summed E-state index contributed by atoms with van der Waals surface area (Å²) < 4.78 is 0. The summed E-state index contributed by atoms with van der Waals surface area (Å²) in [6.45, 7) is 2.98. The van der Waals surface area contributed by atoms with Gasteiger partial charge in [0.2, 0.25) is 11.8 Å². The molecule has 5 nitrogen and oxygen atoms in total. The summed E-state index contributed by atoms with van der Waals surface area (Å²) in [4.78, 5) is 26.0. The Labute approximate surface area is 127 Å². The highest BCUT2D eigenvalue weighted by Gasteiger charge is 2.25. The maximum atomic E-state index is 12.1. The average Bonchev–Trinajstić information content (AvgIpc) is 2.55. The SMILES string of the molecule is NCC1CCC(C(=O)NCCC(=O)N2CCCCC2)CC1. The molecule has 0 aromatic rings. The van der Waals surface area contributed by atoms with E-state index in [9.17, 15) is 9.59 Å². The van der Waals surface area contributed by atoms with Crippen LogP contribution in [-0.2, 0) is 9.59 Å². The Balaban J connectivity index is 1.61. The highest BCUT2D eigenvalue weighted by molar-refractivity contribution is 5.80. The van der Waals surface area contributed by atoms with Crippen LogP contribution in [0.3, 0.4) is 0 Å². The van der Waals surface area contributed by atoms with Crippen molar-refractivity contribution < 1.29 is 9.59 Å². The molecule has 0 radical (unpaired) electrons. The van der Waals surface area contributed by atoms with Gasteiger partial charge < -0.3 is 16.0 Å². The Morgan fingerprint density at radius 1 is 1.05 bits per heavy atom. The van der Waals surface area contributed by atoms with Gasteiger partial charge in [-0.1, -0.05) is 0 Å². The predicted octanol–water partition coefficient (Wildman–Crippen LogP) is 1.27. The van der Waals surface area contributed by atoms with E-state index in [2.05, 4.69) is 5.32 Å². The lowest BCUT2D eigenvalue weighted by atomic mass is 9.81. The van der Waals surface area contributed by atoms with Gasteiger partial charge >= 0.3 is 0 Å². The molecule has 0 aromatic heterocycles. The minimum atomic E-state index is 0.122. The Morgan fingerprint density at radius 2 is 1.71 bits per heavy atom. The second-order valence-electron chi connectivity index (χ2n) is 6.44. The van der Waals surface area contributed by atoms with Gasteiger partial charge in [0.25, 0.3) is 0 Å². The first kappa shape index (κ1) is 16.3. The Kier molecular flexibility index (Phi) is 6.49. The van der Waals surface area contributed by atoms with E-state index in [1.165, 1.54) is 6.42 Å². The van der Waals surface area contributed by atoms with E-state index in [1.807, 2.05) is 4.90 Å². The molecule has 1 aliphatic carbocycles. The van der Waals surface area contributed by atoms with Crippen LogP contribution in [0.1, 0.15) is 51.4 Å². The van der Waals surface area contributed by atoms with Crippen molar-refractivity contribution in [3.05, 3.63) is 0 Å². The number of hydrogen-bond donors (Lipinski definition) is 2. The molecule has 0 bridgehead atoms. The van der Waals surface area contributed by atoms with Crippen LogP contribution in [0.2, 0.25) is 0 Å². The summed E-state index contributed by atoms with van der Waals surface area (Å²) in [6.07, 6.45) is 7.88. The van der Waals surface area contributed by atoms with Crippen LogP contribution in [0.5, 0.6) is 0 Å². The molecule has 1 saturated heterocycles. The number of amides is 2. The van der Waals surface area contributed by atoms with Gasteiger partial charge in [-0.25, -0.2) is 0 Å². The van der Waals surface area contributed by atoms with Crippen LogP contribution >= 0.6 is 0 Å². The van der Waals surface area contributed by atoms with Crippen molar-refractivity contribution in [2.45, 2.75) is 51.4 Å². The number of carbonyl (C=O) groups excluding carboxylic acids is 2. The van der Waals surface area contributed by atoms with E-state index in [0.717, 1.165) is 58.2 Å². The molecule has 2 amide bonds. The lowest BCUT2D eigenvalue weighted by Gasteiger charge is -2.28. The molecule has 2 aliphatic rings. The molecule has 1 heterocycles. The molecule has 0 spiro atoms. The van der Waals surface area contributed by atoms with Crippen molar-refractivity contribution in [1.29, 1.82) is 0 Å². The highest BCUT2D eigenvalue weighted by atomic mass is 16.2. The molecule has 0 aromatic carbocycles. The van der Waals surface area contributed by atoms with E-state index >= 15 is 0 Å². The van der Waals surface area contributed by atoms with Crippen LogP contribution in [-0.4, -0.2) is 42.9 Å². The van der Waals surface area contributed by atoms with E-state index in [0.29, 0.717) is 18.9 Å². The van der Waals surface area contributed by atoms with E-state index in [1.54, 1.807) is 0 Å². The first-order chi connectivity index (χ1) is 10.2. The fourth-order valence-electron chi connectivity index (χ4n) is 3.40. The van der Waals surface area contributed by atoms with Crippen molar-refractivity contribution in [3.63, 3.8) is 0 Å². The average molecular weight is 295 g/mol. The summed E-state index contributed by atoms with van der Waals surface area (Å²) in [5.41, 5.74) is 5.67. The summed E-state index contributed by atoms with van der Waals surface area (Å²) in [5, 5.41) is 2.94. The standard InChI is InChI=1S/C16H29N3O2/c17-12-13-4-6-14(7-5-13)16(21)18-9-8-15(20)19-10-2-1-3-11-19/h13-14H,1-12,17H2,(H,18,21). The summed E-state index contributed by atoms with van der Waals surface area (Å²) in [7, 11) is 0. The van der Waals surface area contributed by atoms with Gasteiger partial charge in [-0.15, -0.1) is 0 Å². The first-order valence-corrected chi connectivity index (χ1v) is 8.46. The number of rotatable bonds is 5. The van der Waals surface area contributed by atoms with Crippen LogP contribution in [0.4, 0.5) is 0 Å². The molecular formula is C16H29N3O2. The zero-order chi connectivity index (χ0) is 15.1. The van der Waals surface area contributed by atoms with E-state index in [-0.39, 0.29) is 17.7 Å². The molecule has 120 valence electrons. The maximum Gasteiger partial charge on any atom is 0.224 e. The lowest BCUT2D eigenvalue weighted by Crippen LogP contribution is -2.39. The normalized spacial score (nSPS) is 26.4. The molecule has 2 fully saturated rings. The minimum Gasteiger partial charge on any atom is -0.355 e. The van der Waals surface area contributed by atoms with Crippen LogP contribution in [0, 0.1) is 11.8 Å². The van der Waals surface area contributed by atoms with Gasteiger partial charge in [-0.2, -0.15) is 0 Å². The van der Waals surface area contributed by atoms with Crippen LogP contribution < -0.4 is 11.1 Å². The number of hydrogen-bond acceptors (Lipinski definition) is 3. The van der Waals surface area contributed by atoms with Gasteiger partial charge in [0.05, 0.1) is 0 Å². The second kappa shape index (κ2) is 8.37. The Morgan fingerprint density at radius 3 is 2.33 bits per heavy atom. The van der Waals surface area contributed by atoms with Crippen molar-refractivity contribution in [3.8, 4) is 0 Å². The smallest absolute Gasteiger partial charge is 0.224 e. The molecular weight excluding hydrogens is 266 g/mol. The molecule has 2 rings (SSSR count). The number of piperidine rings is 1. The van der Waals surface area contributed by atoms with Crippen molar-refractivity contribution >= 4 is 11.8 Å². The second-order valence-corrected chi connectivity index (χ2v) is 6.44. The van der Waals surface area contributed by atoms with Crippen molar-refractivity contribution in [2.75, 3.05) is 26.2 Å². The minimum absolute atomic E-state index is 0.122. The summed E-state index contributed by atoms with van der Waals surface area (Å²) in [6, 6.07) is 0. The third-order valence-corrected chi connectivity index (χ3v) is 4.90. The van der Waals surface area contributed by atoms with Crippen molar-refractivity contribution in [1.82, 2.24) is 10.2 Å². The van der Waals surface area contributed by atoms with Crippen LogP contribution in [0.25, 0.3) is 0 Å². The molecule has 5 heteroatoms. The fraction of sp³-hybridized carbons (Fsp3) is 0.875. The monoisotopic (exact) mass is 295 g/mol. The molecule has 3 N–H and O–H groups in total. The number of nitrogens with one attached hydrogen (secondary N) is 1. The van der Waals surface area contributed by atoms with Crippen molar-refractivity contribution in [2.24, 2.45) is 17.6 Å². The van der Waals surface area contributed by atoms with Gasteiger partial charge in [-0.3, -0.25) is 9.59 Å². The van der Waals surface area contributed by atoms with E-state index in [4.69, 9.17) is 5.73 Å². The van der Waals surface area contributed by atoms with Gasteiger partial charge in [0.1, 0.15) is 0 Å². The molecule has 0 atom stereocenters. The molecule has 21 heavy (non-hydrogen) atoms. The largest absolute Gasteiger partial charge is 0.355 e. The van der Waals surface area contributed by atoms with Gasteiger partial charge in [-0.05, 0) is 57.4 Å². The summed E-state index contributed by atoms with van der Waals surface area (Å²) in [5.74, 6) is 1.02. The Hall–Kier alpha value is -1.10. The zero-order valence-electron chi connectivity index (χ0n) is 13.0. The maximum absolute atomic E-state index is 12.1. The predicted molar refractivity (Wildman–Crippen MR) is 82.6 cm³/mol. The quantitative estimate of drug-likeness (QED) is 0.802. The lowest BCUT2D eigenvalue weighted by molar-refractivity contribution is -0.132. The molecule has 1 aliphatic heterocycles. The highest BCUT2D eigenvalue weighted by Crippen LogP contribution is 2.28. The van der Waals surface area contributed by atoms with Crippen LogP contribution in [0.15, 0.2) is 0 Å². The zero-order valence-corrected chi connectivity index (χ0v) is 13.0. The van der Waals surface area contributed by atoms with Gasteiger partial charge in [0, 0.05) is 32.0 Å². The molecule has 0 unspecified atom stereocenters. The third-order valence-electron chi connectivity index (χ3n) is 4.90. The topological polar surface area (TPSA) is 75.4 Å². The number of likely N-dealkylation sites (tertiary alicyclic amines) is 1. The van der Waals surface area contributed by atoms with E-state index < -0.39 is 0 Å². The van der Waals surface area contributed by atoms with Gasteiger partial charge in [0.15, 0.2) is 0 Å². The number of carbonyl (C=O) groups is 2. The summed E-state index contributed by atoms with van der Waals surface area (Å²) >= 11 is 0.